The van der Waals surface area contributed by atoms with Crippen LogP contribution in [-0.4, -0.2) is 30.8 Å². The molecule has 0 aliphatic rings. The molecule has 0 aliphatic heterocycles. The van der Waals surface area contributed by atoms with E-state index in [0.717, 1.165) is 4.47 Å². The van der Waals surface area contributed by atoms with E-state index >= 15 is 0 Å². The number of carboxylic acid groups (broad SMARTS) is 1. The van der Waals surface area contributed by atoms with Crippen LogP contribution in [0.3, 0.4) is 0 Å². The molecule has 1 atom stereocenters. The zero-order chi connectivity index (χ0) is 15.8. The molecule has 1 aromatic rings. The monoisotopic (exact) mass is 358 g/mol. The van der Waals surface area contributed by atoms with Gasteiger partial charge in [0.05, 0.1) is 11.6 Å². The number of amides is 2. The van der Waals surface area contributed by atoms with Crippen molar-refractivity contribution in [3.8, 4) is 5.75 Å². The summed E-state index contributed by atoms with van der Waals surface area (Å²) in [5.74, 6) is -0.0952. The van der Waals surface area contributed by atoms with Gasteiger partial charge in [0, 0.05) is 24.7 Å². The van der Waals surface area contributed by atoms with Crippen LogP contribution < -0.4 is 15.4 Å². The van der Waals surface area contributed by atoms with Gasteiger partial charge in [-0.25, -0.2) is 4.79 Å². The van der Waals surface area contributed by atoms with Crippen LogP contribution in [0.25, 0.3) is 0 Å². The molecule has 1 aromatic carbocycles. The molecule has 3 N–H and O–H groups in total. The number of ether oxygens (including phenoxy) is 1. The van der Waals surface area contributed by atoms with Gasteiger partial charge >= 0.3 is 12.0 Å². The van der Waals surface area contributed by atoms with E-state index in [1.165, 1.54) is 0 Å². The summed E-state index contributed by atoms with van der Waals surface area (Å²) < 4.78 is 5.95. The summed E-state index contributed by atoms with van der Waals surface area (Å²) in [4.78, 5) is 22.2. The van der Waals surface area contributed by atoms with Crippen LogP contribution in [0.2, 0.25) is 0 Å². The highest BCUT2D eigenvalue weighted by Gasteiger charge is 2.09. The van der Waals surface area contributed by atoms with Crippen molar-refractivity contribution in [1.29, 1.82) is 0 Å². The molecule has 21 heavy (non-hydrogen) atoms. The van der Waals surface area contributed by atoms with Gasteiger partial charge in [-0.15, -0.1) is 0 Å². The molecule has 116 valence electrons. The Morgan fingerprint density at radius 1 is 1.43 bits per heavy atom. The first-order chi connectivity index (χ1) is 9.92. The van der Waals surface area contributed by atoms with Crippen molar-refractivity contribution in [3.05, 3.63) is 22.7 Å². The zero-order valence-electron chi connectivity index (χ0n) is 12.0. The lowest BCUT2D eigenvalue weighted by atomic mass is 10.1. The molecule has 0 heterocycles. The normalized spacial score (nSPS) is 11.6. The summed E-state index contributed by atoms with van der Waals surface area (Å²) in [6.45, 7) is 2.32. The Labute approximate surface area is 132 Å². The number of carbonyl (C=O) groups is 2. The Hall–Kier alpha value is -1.76. The number of hydrogen-bond donors (Lipinski definition) is 3. The molecule has 0 aliphatic carbocycles. The number of halogens is 1. The van der Waals surface area contributed by atoms with Crippen LogP contribution in [0.5, 0.6) is 5.75 Å². The Morgan fingerprint density at radius 2 is 2.14 bits per heavy atom. The predicted molar refractivity (Wildman–Crippen MR) is 83.7 cm³/mol. The molecule has 2 amide bonds. The molecule has 1 unspecified atom stereocenters. The third kappa shape index (κ3) is 6.48. The Bertz CT molecular complexity index is 508. The van der Waals surface area contributed by atoms with E-state index in [9.17, 15) is 9.59 Å². The Morgan fingerprint density at radius 3 is 2.76 bits per heavy atom. The van der Waals surface area contributed by atoms with Crippen LogP contribution in [0.1, 0.15) is 19.8 Å². The number of anilines is 1. The van der Waals surface area contributed by atoms with E-state index in [0.29, 0.717) is 24.4 Å². The van der Waals surface area contributed by atoms with Gasteiger partial charge in [-0.2, -0.15) is 0 Å². The van der Waals surface area contributed by atoms with Crippen LogP contribution >= 0.6 is 15.9 Å². The van der Waals surface area contributed by atoms with Crippen molar-refractivity contribution < 1.29 is 19.4 Å². The fourth-order valence-electron chi connectivity index (χ4n) is 1.65. The van der Waals surface area contributed by atoms with Crippen molar-refractivity contribution in [3.63, 3.8) is 0 Å². The summed E-state index contributed by atoms with van der Waals surface area (Å²) in [6, 6.07) is 4.91. The van der Waals surface area contributed by atoms with Crippen molar-refractivity contribution >= 4 is 33.6 Å². The molecule has 0 radical (unpaired) electrons. The molecule has 0 bridgehead atoms. The molecule has 7 heteroatoms. The highest BCUT2D eigenvalue weighted by atomic mass is 79.9. The number of urea groups is 1. The molecule has 6 nitrogen and oxygen atoms in total. The third-order valence-electron chi connectivity index (χ3n) is 2.87. The smallest absolute Gasteiger partial charge is 0.319 e. The number of aliphatic carboxylic acids is 1. The second-order valence-electron chi connectivity index (χ2n) is 4.72. The lowest BCUT2D eigenvalue weighted by Gasteiger charge is -2.13. The largest absolute Gasteiger partial charge is 0.495 e. The Balaban J connectivity index is 2.41. The average molecular weight is 359 g/mol. The van der Waals surface area contributed by atoms with Crippen molar-refractivity contribution in [2.75, 3.05) is 19.0 Å². The van der Waals surface area contributed by atoms with E-state index in [4.69, 9.17) is 9.84 Å². The van der Waals surface area contributed by atoms with E-state index in [2.05, 4.69) is 26.6 Å². The summed E-state index contributed by atoms with van der Waals surface area (Å²) in [7, 11) is 1.55. The number of methoxy groups -OCH3 is 1. The van der Waals surface area contributed by atoms with Gasteiger partial charge in [0.2, 0.25) is 0 Å². The summed E-state index contributed by atoms with van der Waals surface area (Å²) in [5.41, 5.74) is 0.616. The Kier molecular flexibility index (Phi) is 7.01. The van der Waals surface area contributed by atoms with Gasteiger partial charge in [-0.05, 0) is 40.4 Å². The van der Waals surface area contributed by atoms with Gasteiger partial charge in [0.15, 0.2) is 0 Å². The molecule has 0 saturated heterocycles. The van der Waals surface area contributed by atoms with Gasteiger partial charge in [-0.1, -0.05) is 6.92 Å². The van der Waals surface area contributed by atoms with E-state index in [1.54, 1.807) is 25.3 Å². The maximum Gasteiger partial charge on any atom is 0.319 e. The molecular weight excluding hydrogens is 340 g/mol. The first-order valence-electron chi connectivity index (χ1n) is 6.52. The van der Waals surface area contributed by atoms with Crippen molar-refractivity contribution in [2.24, 2.45) is 5.92 Å². The standard InChI is InChI=1S/C14H19BrN2O4/c1-9(3-6-13(18)19)8-16-14(20)17-10-4-5-11(15)12(7-10)21-2/h4-5,7,9H,3,6,8H2,1-2H3,(H,18,19)(H2,16,17,20). The molecule has 0 aromatic heterocycles. The lowest BCUT2D eigenvalue weighted by Crippen LogP contribution is -2.32. The van der Waals surface area contributed by atoms with E-state index < -0.39 is 5.97 Å². The minimum Gasteiger partial charge on any atom is -0.495 e. The molecular formula is C14H19BrN2O4. The van der Waals surface area contributed by atoms with Gasteiger partial charge in [-0.3, -0.25) is 4.79 Å². The van der Waals surface area contributed by atoms with E-state index in [-0.39, 0.29) is 18.4 Å². The number of hydrogen-bond acceptors (Lipinski definition) is 3. The second kappa shape index (κ2) is 8.51. The number of carbonyl (C=O) groups excluding carboxylic acids is 1. The summed E-state index contributed by atoms with van der Waals surface area (Å²) in [6.07, 6.45) is 0.635. The maximum atomic E-state index is 11.7. The molecule has 0 fully saturated rings. The third-order valence-corrected chi connectivity index (χ3v) is 3.53. The van der Waals surface area contributed by atoms with Gasteiger partial charge in [0.25, 0.3) is 0 Å². The highest BCUT2D eigenvalue weighted by Crippen LogP contribution is 2.27. The average Bonchev–Trinajstić information content (AvgIpc) is 2.44. The number of nitrogens with one attached hydrogen (secondary N) is 2. The van der Waals surface area contributed by atoms with Crippen LogP contribution in [0.15, 0.2) is 22.7 Å². The molecule has 1 rings (SSSR count). The number of benzene rings is 1. The van der Waals surface area contributed by atoms with E-state index in [1.807, 2.05) is 6.92 Å². The van der Waals surface area contributed by atoms with Crippen LogP contribution in [-0.2, 0) is 4.79 Å². The topological polar surface area (TPSA) is 87.7 Å². The SMILES string of the molecule is COc1cc(NC(=O)NCC(C)CCC(=O)O)ccc1Br. The van der Waals surface area contributed by atoms with Crippen LogP contribution in [0, 0.1) is 5.92 Å². The number of rotatable bonds is 7. The number of carboxylic acids is 1. The lowest BCUT2D eigenvalue weighted by molar-refractivity contribution is -0.137. The van der Waals surface area contributed by atoms with Crippen molar-refractivity contribution in [2.45, 2.75) is 19.8 Å². The first kappa shape index (κ1) is 17.3. The minimum atomic E-state index is -0.826. The molecule has 0 spiro atoms. The fraction of sp³-hybridized carbons (Fsp3) is 0.429. The zero-order valence-corrected chi connectivity index (χ0v) is 13.6. The summed E-state index contributed by atoms with van der Waals surface area (Å²) in [5, 5.41) is 14.0. The fourth-order valence-corrected chi connectivity index (χ4v) is 2.06. The maximum absolute atomic E-state index is 11.7. The van der Waals surface area contributed by atoms with Crippen molar-refractivity contribution in [1.82, 2.24) is 5.32 Å². The van der Waals surface area contributed by atoms with Crippen LogP contribution in [0.4, 0.5) is 10.5 Å². The highest BCUT2D eigenvalue weighted by molar-refractivity contribution is 9.10. The minimum absolute atomic E-state index is 0.103. The molecule has 0 saturated carbocycles. The van der Waals surface area contributed by atoms with Gasteiger partial charge < -0.3 is 20.5 Å². The predicted octanol–water partition coefficient (Wildman–Crippen LogP) is 3.08. The summed E-state index contributed by atoms with van der Waals surface area (Å²) >= 11 is 3.33. The first-order valence-corrected chi connectivity index (χ1v) is 7.32. The second-order valence-corrected chi connectivity index (χ2v) is 5.58. The quantitative estimate of drug-likeness (QED) is 0.698. The van der Waals surface area contributed by atoms with Gasteiger partial charge in [0.1, 0.15) is 5.75 Å².